The maximum absolute atomic E-state index is 9.02. The fraction of sp³-hybridized carbons (Fsp3) is 0.455. The second-order valence-electron chi connectivity index (χ2n) is 4.39. The van der Waals surface area contributed by atoms with Gasteiger partial charge in [-0.25, -0.2) is 0 Å². The van der Waals surface area contributed by atoms with Gasteiger partial charge in [-0.2, -0.15) is 0 Å². The van der Waals surface area contributed by atoms with E-state index < -0.39 is 7.12 Å². The number of hydrogen-bond acceptors (Lipinski definition) is 4. The Morgan fingerprint density at radius 3 is 2.47 bits per heavy atom. The molecule has 90 valence electrons. The molecule has 1 unspecified atom stereocenters. The van der Waals surface area contributed by atoms with Gasteiger partial charge in [0.1, 0.15) is 11.5 Å². The van der Waals surface area contributed by atoms with E-state index in [4.69, 9.17) is 19.0 Å². The first kappa shape index (κ1) is 12.3. The van der Waals surface area contributed by atoms with E-state index in [0.29, 0.717) is 6.61 Å². The van der Waals surface area contributed by atoms with Gasteiger partial charge in [0.25, 0.3) is 0 Å². The van der Waals surface area contributed by atoms with Crippen LogP contribution in [0.3, 0.4) is 0 Å². The minimum atomic E-state index is -0.722. The highest BCUT2D eigenvalue weighted by Crippen LogP contribution is 2.34. The summed E-state index contributed by atoms with van der Waals surface area (Å²) in [6, 6.07) is 7.63. The molecule has 1 aliphatic heterocycles. The van der Waals surface area contributed by atoms with E-state index in [-0.39, 0.29) is 13.0 Å². The van der Waals surface area contributed by atoms with E-state index in [1.54, 1.807) is 6.82 Å². The van der Waals surface area contributed by atoms with Crippen LogP contribution in [0.25, 0.3) is 0 Å². The first-order valence-electron chi connectivity index (χ1n) is 5.87. The minimum absolute atomic E-state index is 0.250. The summed E-state index contributed by atoms with van der Waals surface area (Å²) < 4.78 is 16.4. The van der Waals surface area contributed by atoms with Crippen LogP contribution in [0.5, 0.6) is 11.5 Å². The van der Waals surface area contributed by atoms with Crippen molar-refractivity contribution in [3.63, 3.8) is 0 Å². The normalized spacial score (nSPS) is 14.9. The molecule has 0 fully saturated rings. The van der Waals surface area contributed by atoms with E-state index in [0.717, 1.165) is 17.8 Å². The van der Waals surface area contributed by atoms with E-state index in [1.165, 1.54) is 0 Å². The van der Waals surface area contributed by atoms with Crippen molar-refractivity contribution < 1.29 is 19.0 Å². The summed E-state index contributed by atoms with van der Waals surface area (Å²) in [5.74, 6) is 1.85. The summed E-state index contributed by atoms with van der Waals surface area (Å²) in [5.41, 5.74) is 0. The van der Waals surface area contributed by atoms with Gasteiger partial charge in [-0.05, 0) is 24.9 Å². The Bertz CT molecular complexity index is 347. The molecule has 1 aromatic rings. The maximum Gasteiger partial charge on any atom is 0.595 e. The third-order valence-corrected chi connectivity index (χ3v) is 2.58. The molecule has 0 spiro atoms. The van der Waals surface area contributed by atoms with Crippen LogP contribution in [0.4, 0.5) is 0 Å². The van der Waals surface area contributed by atoms with Gasteiger partial charge in [0.05, 0.1) is 0 Å². The molecular weight excluding hydrogens is 218 g/mol. The number of rotatable bonds is 5. The van der Waals surface area contributed by atoms with Crippen molar-refractivity contribution >= 4 is 14.2 Å². The highest BCUT2D eigenvalue weighted by Gasteiger charge is 2.33. The number of fused-ring (bicyclic) bond motifs is 1. The van der Waals surface area contributed by atoms with Gasteiger partial charge in [0, 0.05) is 12.9 Å². The molecule has 1 aliphatic rings. The molecule has 0 bridgehead atoms. The van der Waals surface area contributed by atoms with Crippen molar-refractivity contribution in [2.24, 2.45) is 5.92 Å². The van der Waals surface area contributed by atoms with Gasteiger partial charge in [-0.3, -0.25) is 0 Å². The molecule has 0 aromatic heterocycles. The Labute approximate surface area is 102 Å². The summed E-state index contributed by atoms with van der Waals surface area (Å²) in [6.45, 7) is 4.14. The molecule has 0 aliphatic carbocycles. The van der Waals surface area contributed by atoms with Gasteiger partial charge in [-0.1, -0.05) is 19.1 Å². The van der Waals surface area contributed by atoms with Crippen molar-refractivity contribution in [2.45, 2.75) is 20.1 Å². The van der Waals surface area contributed by atoms with Gasteiger partial charge < -0.3 is 19.0 Å². The Hall–Kier alpha value is -1.13. The van der Waals surface area contributed by atoms with E-state index in [9.17, 15) is 0 Å². The zero-order chi connectivity index (χ0) is 12.3. The summed E-state index contributed by atoms with van der Waals surface area (Å²) >= 11 is 0. The van der Waals surface area contributed by atoms with E-state index in [2.05, 4.69) is 0 Å². The first-order chi connectivity index (χ1) is 8.15. The van der Waals surface area contributed by atoms with Crippen LogP contribution in [0, 0.1) is 5.92 Å². The second kappa shape index (κ2) is 5.47. The van der Waals surface area contributed by atoms with Crippen molar-refractivity contribution in [1.29, 1.82) is 0 Å². The Morgan fingerprint density at radius 1 is 1.35 bits per heavy atom. The monoisotopic (exact) mass is 234 g/mol. The molecule has 0 saturated heterocycles. The van der Waals surface area contributed by atoms with Crippen molar-refractivity contribution in [3.8, 4) is 11.5 Å². The lowest BCUT2D eigenvalue weighted by Crippen LogP contribution is -2.29. The van der Waals surface area contributed by atoms with Crippen LogP contribution < -0.4 is 9.31 Å². The molecule has 0 radical (unpaired) electrons. The molecular formula is C11H16B2O4. The fourth-order valence-corrected chi connectivity index (χ4v) is 1.75. The molecule has 1 atom stereocenters. The second-order valence-corrected chi connectivity index (χ2v) is 4.39. The molecule has 1 heterocycles. The van der Waals surface area contributed by atoms with Crippen LogP contribution in [0.1, 0.15) is 6.92 Å². The Kier molecular flexibility index (Phi) is 3.97. The highest BCUT2D eigenvalue weighted by molar-refractivity contribution is 6.47. The molecule has 6 heteroatoms. The quantitative estimate of drug-likeness (QED) is 0.787. The standard InChI is InChI=1S/C11H16B2O4/c1-9(8-15-12(2)14)7-13-16-10-5-3-4-6-11(10)17-13/h3-6,9,14H,7-8H2,1-2H3. The number of benzene rings is 1. The fourth-order valence-electron chi connectivity index (χ4n) is 1.75. The van der Waals surface area contributed by atoms with Gasteiger partial charge in [0.2, 0.25) is 0 Å². The predicted molar refractivity (Wildman–Crippen MR) is 67.2 cm³/mol. The van der Waals surface area contributed by atoms with Gasteiger partial charge in [0.15, 0.2) is 0 Å². The summed E-state index contributed by atoms with van der Waals surface area (Å²) in [5, 5.41) is 9.02. The molecule has 4 nitrogen and oxygen atoms in total. The lowest BCUT2D eigenvalue weighted by Gasteiger charge is -2.13. The van der Waals surface area contributed by atoms with Crippen LogP contribution in [-0.4, -0.2) is 25.9 Å². The lowest BCUT2D eigenvalue weighted by molar-refractivity contribution is 0.226. The summed E-state index contributed by atoms with van der Waals surface area (Å²) in [4.78, 5) is 0. The van der Waals surface area contributed by atoms with Crippen LogP contribution in [-0.2, 0) is 4.65 Å². The third kappa shape index (κ3) is 3.41. The largest absolute Gasteiger partial charge is 0.595 e. The van der Waals surface area contributed by atoms with Crippen molar-refractivity contribution in [3.05, 3.63) is 24.3 Å². The van der Waals surface area contributed by atoms with Gasteiger partial charge >= 0.3 is 14.2 Å². The van der Waals surface area contributed by atoms with Crippen molar-refractivity contribution in [1.82, 2.24) is 0 Å². The molecule has 2 rings (SSSR count). The number of para-hydroxylation sites is 2. The maximum atomic E-state index is 9.02. The SMILES string of the molecule is CB(O)OCC(C)CB1Oc2ccccc2O1. The molecule has 0 saturated carbocycles. The van der Waals surface area contributed by atoms with Crippen LogP contribution >= 0.6 is 0 Å². The van der Waals surface area contributed by atoms with Crippen LogP contribution in [0.2, 0.25) is 13.1 Å². The summed E-state index contributed by atoms with van der Waals surface area (Å²) in [6.07, 6.45) is 0.738. The molecule has 0 amide bonds. The minimum Gasteiger partial charge on any atom is -0.523 e. The average Bonchev–Trinajstić information content (AvgIpc) is 2.68. The Morgan fingerprint density at radius 2 is 1.94 bits per heavy atom. The predicted octanol–water partition coefficient (Wildman–Crippen LogP) is 1.71. The van der Waals surface area contributed by atoms with Gasteiger partial charge in [-0.15, -0.1) is 0 Å². The first-order valence-corrected chi connectivity index (χ1v) is 5.87. The lowest BCUT2D eigenvalue weighted by atomic mass is 9.78. The topological polar surface area (TPSA) is 47.9 Å². The molecule has 1 N–H and O–H groups in total. The molecule has 17 heavy (non-hydrogen) atoms. The van der Waals surface area contributed by atoms with E-state index in [1.807, 2.05) is 31.2 Å². The van der Waals surface area contributed by atoms with Crippen molar-refractivity contribution in [2.75, 3.05) is 6.61 Å². The summed E-state index contributed by atoms with van der Waals surface area (Å²) in [7, 11) is -0.972. The van der Waals surface area contributed by atoms with E-state index >= 15 is 0 Å². The van der Waals surface area contributed by atoms with Crippen LogP contribution in [0.15, 0.2) is 24.3 Å². The highest BCUT2D eigenvalue weighted by atomic mass is 16.6. The number of hydrogen-bond donors (Lipinski definition) is 1. The smallest absolute Gasteiger partial charge is 0.523 e. The third-order valence-electron chi connectivity index (χ3n) is 2.58. The Balaban J connectivity index is 1.79. The average molecular weight is 234 g/mol. The molecule has 1 aromatic carbocycles. The zero-order valence-corrected chi connectivity index (χ0v) is 10.1. The zero-order valence-electron chi connectivity index (χ0n) is 10.1.